The molecule has 33 heavy (non-hydrogen) atoms. The third kappa shape index (κ3) is 3.87. The standard InChI is InChI=1S/C24H23N5O4/c1-32-15-8-9-20(33-2)16(11-15)21-17(12-25)23(26)29(18-6-3-7-19(30)22(18)21)28-24(31)14-5-4-10-27-13-14/h4-5,8-11,13,21H,3,6-7,26H2,1-2H3,(H,28,31). The molecule has 2 heterocycles. The van der Waals surface area contributed by atoms with Crippen molar-refractivity contribution in [3.63, 3.8) is 0 Å². The van der Waals surface area contributed by atoms with Gasteiger partial charge in [0.25, 0.3) is 5.91 Å². The number of amides is 1. The van der Waals surface area contributed by atoms with Crippen LogP contribution in [0.4, 0.5) is 0 Å². The summed E-state index contributed by atoms with van der Waals surface area (Å²) in [5.41, 5.74) is 11.2. The Morgan fingerprint density at radius 3 is 2.76 bits per heavy atom. The summed E-state index contributed by atoms with van der Waals surface area (Å²) in [5.74, 6) is -0.191. The van der Waals surface area contributed by atoms with E-state index in [1.54, 1.807) is 36.5 Å². The molecular weight excluding hydrogens is 422 g/mol. The third-order valence-electron chi connectivity index (χ3n) is 5.80. The molecule has 0 saturated carbocycles. The largest absolute Gasteiger partial charge is 0.497 e. The van der Waals surface area contributed by atoms with E-state index in [-0.39, 0.29) is 17.2 Å². The van der Waals surface area contributed by atoms with Crippen molar-refractivity contribution in [2.45, 2.75) is 25.2 Å². The number of nitrogens with two attached hydrogens (primary N) is 1. The highest BCUT2D eigenvalue weighted by Crippen LogP contribution is 2.47. The molecule has 1 amide bonds. The molecule has 9 heteroatoms. The SMILES string of the molecule is COc1ccc(OC)c(C2C(C#N)=C(N)N(NC(=O)c3cccnc3)C3=C2C(=O)CCC3)c1. The van der Waals surface area contributed by atoms with Gasteiger partial charge in [-0.05, 0) is 43.2 Å². The van der Waals surface area contributed by atoms with E-state index in [4.69, 9.17) is 15.2 Å². The van der Waals surface area contributed by atoms with Crippen LogP contribution in [0.1, 0.15) is 41.1 Å². The summed E-state index contributed by atoms with van der Waals surface area (Å²) in [6.45, 7) is 0. The molecule has 9 nitrogen and oxygen atoms in total. The van der Waals surface area contributed by atoms with Crippen molar-refractivity contribution in [1.29, 1.82) is 5.26 Å². The number of ether oxygens (including phenoxy) is 2. The molecule has 2 aromatic rings. The van der Waals surface area contributed by atoms with E-state index in [0.29, 0.717) is 53.2 Å². The molecule has 0 saturated heterocycles. The van der Waals surface area contributed by atoms with E-state index in [1.165, 1.54) is 25.4 Å². The van der Waals surface area contributed by atoms with Crippen LogP contribution in [-0.2, 0) is 4.79 Å². The van der Waals surface area contributed by atoms with Crippen LogP contribution >= 0.6 is 0 Å². The average molecular weight is 445 g/mol. The number of rotatable bonds is 5. The van der Waals surface area contributed by atoms with Crippen molar-refractivity contribution < 1.29 is 19.1 Å². The van der Waals surface area contributed by atoms with Gasteiger partial charge in [0.2, 0.25) is 0 Å². The van der Waals surface area contributed by atoms with E-state index >= 15 is 0 Å². The van der Waals surface area contributed by atoms with E-state index in [9.17, 15) is 14.9 Å². The van der Waals surface area contributed by atoms with Crippen molar-refractivity contribution >= 4 is 11.7 Å². The van der Waals surface area contributed by atoms with Gasteiger partial charge in [0.1, 0.15) is 17.3 Å². The Kier molecular flexibility index (Phi) is 6.00. The van der Waals surface area contributed by atoms with Gasteiger partial charge in [-0.25, -0.2) is 5.01 Å². The number of Topliss-reactive ketones (excluding diaryl/α,β-unsaturated/α-hetero) is 1. The fraction of sp³-hybridized carbons (Fsp3) is 0.250. The van der Waals surface area contributed by atoms with Crippen molar-refractivity contribution in [2.75, 3.05) is 14.2 Å². The first kappa shape index (κ1) is 21.9. The molecule has 0 radical (unpaired) electrons. The zero-order valence-corrected chi connectivity index (χ0v) is 18.3. The molecule has 0 spiro atoms. The molecule has 1 unspecified atom stereocenters. The lowest BCUT2D eigenvalue weighted by atomic mass is 9.75. The van der Waals surface area contributed by atoms with Gasteiger partial charge in [0.05, 0.1) is 37.3 Å². The zero-order valence-electron chi connectivity index (χ0n) is 18.3. The minimum atomic E-state index is -0.741. The summed E-state index contributed by atoms with van der Waals surface area (Å²) in [6.07, 6.45) is 4.44. The molecule has 4 rings (SSSR count). The van der Waals surface area contributed by atoms with E-state index in [1.807, 2.05) is 0 Å². The normalized spacial score (nSPS) is 17.9. The van der Waals surface area contributed by atoms with Gasteiger partial charge in [-0.3, -0.25) is 20.0 Å². The number of nitrogens with zero attached hydrogens (tertiary/aromatic N) is 3. The summed E-state index contributed by atoms with van der Waals surface area (Å²) in [5, 5.41) is 11.5. The second-order valence-corrected chi connectivity index (χ2v) is 7.61. The number of ketones is 1. The van der Waals surface area contributed by atoms with Gasteiger partial charge in [0.15, 0.2) is 5.78 Å². The number of nitrogens with one attached hydrogen (secondary N) is 1. The number of carbonyl (C=O) groups is 2. The minimum absolute atomic E-state index is 0.0538. The van der Waals surface area contributed by atoms with E-state index in [0.717, 1.165) is 0 Å². The summed E-state index contributed by atoms with van der Waals surface area (Å²) in [6, 6.07) is 10.6. The van der Waals surface area contributed by atoms with Gasteiger partial charge in [-0.1, -0.05) is 0 Å². The Hall–Kier alpha value is -4.32. The van der Waals surface area contributed by atoms with E-state index < -0.39 is 11.8 Å². The predicted molar refractivity (Wildman–Crippen MR) is 119 cm³/mol. The van der Waals surface area contributed by atoms with Crippen LogP contribution in [0.2, 0.25) is 0 Å². The van der Waals surface area contributed by atoms with Crippen LogP contribution in [0.15, 0.2) is 65.4 Å². The smallest absolute Gasteiger partial charge is 0.271 e. The second-order valence-electron chi connectivity index (χ2n) is 7.61. The number of carbonyl (C=O) groups excluding carboxylic acids is 2. The Morgan fingerprint density at radius 1 is 1.27 bits per heavy atom. The summed E-state index contributed by atoms with van der Waals surface area (Å²) in [4.78, 5) is 30.0. The Morgan fingerprint density at radius 2 is 2.09 bits per heavy atom. The van der Waals surface area contributed by atoms with Gasteiger partial charge in [-0.15, -0.1) is 0 Å². The molecule has 1 aromatic heterocycles. The molecule has 1 aromatic carbocycles. The number of aromatic nitrogens is 1. The third-order valence-corrected chi connectivity index (χ3v) is 5.80. The van der Waals surface area contributed by atoms with E-state index in [2.05, 4.69) is 16.5 Å². The van der Waals surface area contributed by atoms with Crippen LogP contribution < -0.4 is 20.6 Å². The first-order valence-corrected chi connectivity index (χ1v) is 10.4. The first-order valence-electron chi connectivity index (χ1n) is 10.4. The number of hydrogen-bond acceptors (Lipinski definition) is 8. The fourth-order valence-corrected chi connectivity index (χ4v) is 4.25. The fourth-order valence-electron chi connectivity index (χ4n) is 4.25. The van der Waals surface area contributed by atoms with Crippen molar-refractivity contribution in [3.05, 3.63) is 76.5 Å². The lowest BCUT2D eigenvalue weighted by Crippen LogP contribution is -2.48. The lowest BCUT2D eigenvalue weighted by molar-refractivity contribution is -0.116. The van der Waals surface area contributed by atoms with Crippen molar-refractivity contribution in [2.24, 2.45) is 5.73 Å². The zero-order chi connectivity index (χ0) is 23.5. The summed E-state index contributed by atoms with van der Waals surface area (Å²) >= 11 is 0. The van der Waals surface area contributed by atoms with Crippen LogP contribution in [0.25, 0.3) is 0 Å². The highest BCUT2D eigenvalue weighted by atomic mass is 16.5. The molecule has 2 aliphatic rings. The maximum Gasteiger partial charge on any atom is 0.271 e. The van der Waals surface area contributed by atoms with Crippen LogP contribution in [0.3, 0.4) is 0 Å². The minimum Gasteiger partial charge on any atom is -0.497 e. The number of methoxy groups -OCH3 is 2. The Balaban J connectivity index is 1.87. The number of benzene rings is 1. The van der Waals surface area contributed by atoms with Gasteiger partial charge < -0.3 is 15.2 Å². The number of pyridine rings is 1. The molecular formula is C24H23N5O4. The molecule has 1 aliphatic carbocycles. The van der Waals surface area contributed by atoms with Crippen LogP contribution in [0.5, 0.6) is 11.5 Å². The number of hydrazine groups is 1. The number of hydrogen-bond donors (Lipinski definition) is 2. The molecule has 0 bridgehead atoms. The topological polar surface area (TPSA) is 131 Å². The molecule has 0 fully saturated rings. The Labute approximate surface area is 191 Å². The molecule has 3 N–H and O–H groups in total. The number of allylic oxidation sites excluding steroid dienone is 3. The quantitative estimate of drug-likeness (QED) is 0.718. The second kappa shape index (κ2) is 9.04. The predicted octanol–water partition coefficient (Wildman–Crippen LogP) is 2.54. The van der Waals surface area contributed by atoms with Crippen LogP contribution in [0, 0.1) is 11.3 Å². The molecule has 1 aliphatic heterocycles. The highest BCUT2D eigenvalue weighted by molar-refractivity contribution is 6.00. The monoisotopic (exact) mass is 445 g/mol. The molecule has 1 atom stereocenters. The Bertz CT molecular complexity index is 1210. The molecule has 168 valence electrons. The van der Waals surface area contributed by atoms with Gasteiger partial charge >= 0.3 is 0 Å². The van der Waals surface area contributed by atoms with Crippen molar-refractivity contribution in [3.8, 4) is 17.6 Å². The van der Waals surface area contributed by atoms with Gasteiger partial charge in [0, 0.05) is 35.6 Å². The van der Waals surface area contributed by atoms with Crippen molar-refractivity contribution in [1.82, 2.24) is 15.4 Å². The highest BCUT2D eigenvalue weighted by Gasteiger charge is 2.41. The summed E-state index contributed by atoms with van der Waals surface area (Å²) in [7, 11) is 3.06. The average Bonchev–Trinajstić information content (AvgIpc) is 2.85. The summed E-state index contributed by atoms with van der Waals surface area (Å²) < 4.78 is 10.9. The number of nitriles is 1. The van der Waals surface area contributed by atoms with Gasteiger partial charge in [-0.2, -0.15) is 5.26 Å². The first-order chi connectivity index (χ1) is 16.0. The van der Waals surface area contributed by atoms with Crippen LogP contribution in [-0.4, -0.2) is 35.9 Å². The maximum absolute atomic E-state index is 13.2. The lowest BCUT2D eigenvalue weighted by Gasteiger charge is -2.39. The maximum atomic E-state index is 13.2.